The molecule has 0 unspecified atom stereocenters. The van der Waals surface area contributed by atoms with Crippen molar-refractivity contribution < 1.29 is 23.7 Å². The fourth-order valence-electron chi connectivity index (χ4n) is 3.81. The lowest BCUT2D eigenvalue weighted by atomic mass is 10.1. The van der Waals surface area contributed by atoms with E-state index in [-0.39, 0.29) is 47.7 Å². The van der Waals surface area contributed by atoms with Crippen LogP contribution in [0.2, 0.25) is 0 Å². The van der Waals surface area contributed by atoms with E-state index in [1.54, 1.807) is 30.3 Å². The molecule has 0 atom stereocenters. The lowest BCUT2D eigenvalue weighted by molar-refractivity contribution is -0.386. The first-order chi connectivity index (χ1) is 19.0. The third kappa shape index (κ3) is 5.91. The zero-order valence-electron chi connectivity index (χ0n) is 20.5. The molecule has 0 saturated carbocycles. The fraction of sp³-hybridized carbons (Fsp3) is 0.0690. The Morgan fingerprint density at radius 1 is 0.846 bits per heavy atom. The maximum atomic E-state index is 12.1. The summed E-state index contributed by atoms with van der Waals surface area (Å²) in [5.41, 5.74) is 7.90. The number of hydrogen-bond donors (Lipinski definition) is 1. The van der Waals surface area contributed by atoms with E-state index in [9.17, 15) is 14.9 Å². The number of aromatic nitrogens is 2. The summed E-state index contributed by atoms with van der Waals surface area (Å²) in [5, 5.41) is 16.1. The van der Waals surface area contributed by atoms with Gasteiger partial charge in [-0.3, -0.25) is 14.9 Å². The zero-order valence-corrected chi connectivity index (χ0v) is 20.5. The topological polar surface area (TPSA) is 144 Å². The van der Waals surface area contributed by atoms with Crippen molar-refractivity contribution in [3.8, 4) is 34.3 Å². The molecule has 0 aliphatic heterocycles. The third-order valence-electron chi connectivity index (χ3n) is 5.80. The number of carbonyl (C=O) groups excluding carboxylic acids is 1. The van der Waals surface area contributed by atoms with Gasteiger partial charge in [-0.25, -0.2) is 0 Å². The summed E-state index contributed by atoms with van der Waals surface area (Å²) in [4.78, 5) is 27.3. The minimum Gasteiger partial charge on any atom is -0.485 e. The molecule has 0 radical (unpaired) electrons. The minimum atomic E-state index is -0.555. The van der Waals surface area contributed by atoms with Crippen molar-refractivity contribution in [2.45, 2.75) is 13.2 Å². The largest absolute Gasteiger partial charge is 0.485 e. The molecule has 10 heteroatoms. The molecule has 194 valence electrons. The Morgan fingerprint density at radius 2 is 1.46 bits per heavy atom. The van der Waals surface area contributed by atoms with Gasteiger partial charge in [-0.05, 0) is 29.3 Å². The molecule has 1 aromatic heterocycles. The Balaban J connectivity index is 1.51. The highest BCUT2D eigenvalue weighted by molar-refractivity contribution is 5.93. The lowest BCUT2D eigenvalue weighted by Crippen LogP contribution is -2.10. The van der Waals surface area contributed by atoms with Crippen LogP contribution in [0.5, 0.6) is 11.5 Å². The predicted molar refractivity (Wildman–Crippen MR) is 142 cm³/mol. The Bertz CT molecular complexity index is 1600. The van der Waals surface area contributed by atoms with Gasteiger partial charge in [0.05, 0.1) is 10.5 Å². The van der Waals surface area contributed by atoms with Crippen molar-refractivity contribution >= 4 is 11.6 Å². The number of nitrogens with two attached hydrogens (primary N) is 1. The Kier molecular flexibility index (Phi) is 7.26. The van der Waals surface area contributed by atoms with Crippen molar-refractivity contribution in [2.24, 2.45) is 5.73 Å². The van der Waals surface area contributed by atoms with Gasteiger partial charge in [-0.1, -0.05) is 78.0 Å². The Hall–Kier alpha value is -5.51. The minimum absolute atomic E-state index is 0.00897. The van der Waals surface area contributed by atoms with Gasteiger partial charge in [-0.2, -0.15) is 4.98 Å². The van der Waals surface area contributed by atoms with Crippen molar-refractivity contribution in [1.29, 1.82) is 0 Å². The first-order valence-corrected chi connectivity index (χ1v) is 11.9. The monoisotopic (exact) mass is 522 g/mol. The molecule has 0 spiro atoms. The molecule has 1 amide bonds. The van der Waals surface area contributed by atoms with Crippen LogP contribution >= 0.6 is 0 Å². The molecular formula is C29H22N4O6. The normalized spacial score (nSPS) is 10.7. The van der Waals surface area contributed by atoms with Crippen LogP contribution in [0.15, 0.2) is 102 Å². The summed E-state index contributed by atoms with van der Waals surface area (Å²) < 4.78 is 17.4. The highest BCUT2D eigenvalue weighted by Crippen LogP contribution is 2.42. The number of nitro groups is 1. The summed E-state index contributed by atoms with van der Waals surface area (Å²) >= 11 is 0. The van der Waals surface area contributed by atoms with Crippen LogP contribution in [0.3, 0.4) is 0 Å². The van der Waals surface area contributed by atoms with Crippen LogP contribution < -0.4 is 15.2 Å². The second kappa shape index (κ2) is 11.3. The lowest BCUT2D eigenvalue weighted by Gasteiger charge is -2.14. The number of nitro benzene ring substituents is 1. The van der Waals surface area contributed by atoms with Crippen molar-refractivity contribution in [1.82, 2.24) is 10.1 Å². The number of hydrogen-bond acceptors (Lipinski definition) is 8. The number of nitrogens with zero attached hydrogens (tertiary/aromatic N) is 3. The summed E-state index contributed by atoms with van der Waals surface area (Å²) in [7, 11) is 0. The summed E-state index contributed by atoms with van der Waals surface area (Å²) in [6, 6.07) is 28.0. The standard InChI is InChI=1S/C29H22N4O6/c30-27(34)21-11-13-22(14-12-21)28-31-29(39-32-28)23-15-24(33(35)36)26(38-18-20-9-5-2-6-10-20)25(16-23)37-17-19-7-3-1-4-8-19/h1-16H,17-18H2,(H2,30,34). The van der Waals surface area contributed by atoms with Gasteiger partial charge in [0.25, 0.3) is 5.89 Å². The maximum absolute atomic E-state index is 12.1. The molecule has 0 saturated heterocycles. The highest BCUT2D eigenvalue weighted by atomic mass is 16.6. The molecule has 2 N–H and O–H groups in total. The van der Waals surface area contributed by atoms with Gasteiger partial charge >= 0.3 is 5.69 Å². The average Bonchev–Trinajstić information content (AvgIpc) is 3.46. The van der Waals surface area contributed by atoms with Gasteiger partial charge in [0, 0.05) is 17.2 Å². The average molecular weight is 523 g/mol. The highest BCUT2D eigenvalue weighted by Gasteiger charge is 2.26. The van der Waals surface area contributed by atoms with E-state index in [1.807, 2.05) is 60.7 Å². The first kappa shape index (κ1) is 25.2. The molecule has 0 fully saturated rings. The van der Waals surface area contributed by atoms with Crippen LogP contribution in [-0.4, -0.2) is 21.0 Å². The number of rotatable bonds is 10. The predicted octanol–water partition coefficient (Wildman–Crippen LogP) is 5.57. The van der Waals surface area contributed by atoms with Crippen LogP contribution in [0, 0.1) is 10.1 Å². The van der Waals surface area contributed by atoms with Crippen LogP contribution in [0.4, 0.5) is 5.69 Å². The van der Waals surface area contributed by atoms with Crippen LogP contribution in [0.1, 0.15) is 21.5 Å². The van der Waals surface area contributed by atoms with Crippen LogP contribution in [0.25, 0.3) is 22.8 Å². The van der Waals surface area contributed by atoms with Gasteiger partial charge in [-0.15, -0.1) is 0 Å². The number of benzene rings is 4. The smallest absolute Gasteiger partial charge is 0.315 e. The third-order valence-corrected chi connectivity index (χ3v) is 5.80. The molecular weight excluding hydrogens is 500 g/mol. The number of primary amides is 1. The Labute approximate surface area is 222 Å². The SMILES string of the molecule is NC(=O)c1ccc(-c2noc(-c3cc(OCc4ccccc4)c(OCc4ccccc4)c([N+](=O)[O-])c3)n2)cc1. The van der Waals surface area contributed by atoms with Gasteiger partial charge < -0.3 is 19.7 Å². The molecule has 1 heterocycles. The second-order valence-electron chi connectivity index (χ2n) is 8.49. The zero-order chi connectivity index (χ0) is 27.2. The van der Waals surface area contributed by atoms with E-state index in [2.05, 4.69) is 10.1 Å². The molecule has 5 aromatic rings. The maximum Gasteiger partial charge on any atom is 0.315 e. The summed E-state index contributed by atoms with van der Waals surface area (Å²) in [6.07, 6.45) is 0. The van der Waals surface area contributed by atoms with E-state index in [1.165, 1.54) is 6.07 Å². The molecule has 0 bridgehead atoms. The van der Waals surface area contributed by atoms with Gasteiger partial charge in [0.1, 0.15) is 13.2 Å². The van der Waals surface area contributed by atoms with E-state index in [0.717, 1.165) is 11.1 Å². The number of carbonyl (C=O) groups is 1. The van der Waals surface area contributed by atoms with Gasteiger partial charge in [0.2, 0.25) is 17.5 Å². The second-order valence-corrected chi connectivity index (χ2v) is 8.49. The van der Waals surface area contributed by atoms with Crippen molar-refractivity contribution in [3.63, 3.8) is 0 Å². The number of amides is 1. The van der Waals surface area contributed by atoms with Crippen molar-refractivity contribution in [3.05, 3.63) is 124 Å². The van der Waals surface area contributed by atoms with E-state index in [4.69, 9.17) is 19.7 Å². The molecule has 39 heavy (non-hydrogen) atoms. The molecule has 10 nitrogen and oxygen atoms in total. The molecule has 0 aliphatic rings. The first-order valence-electron chi connectivity index (χ1n) is 11.9. The summed E-state index contributed by atoms with van der Waals surface area (Å²) in [5.74, 6) is -0.124. The van der Waals surface area contributed by atoms with Crippen LogP contribution in [-0.2, 0) is 13.2 Å². The molecule has 4 aromatic carbocycles. The Morgan fingerprint density at radius 3 is 2.05 bits per heavy atom. The van der Waals surface area contributed by atoms with E-state index >= 15 is 0 Å². The van der Waals surface area contributed by atoms with Gasteiger partial charge in [0.15, 0.2) is 5.75 Å². The quantitative estimate of drug-likeness (QED) is 0.185. The number of ether oxygens (including phenoxy) is 2. The fourth-order valence-corrected chi connectivity index (χ4v) is 3.81. The summed E-state index contributed by atoms with van der Waals surface area (Å²) in [6.45, 7) is 0.263. The van der Waals surface area contributed by atoms with Crippen molar-refractivity contribution in [2.75, 3.05) is 0 Å². The molecule has 0 aliphatic carbocycles. The van der Waals surface area contributed by atoms with E-state index < -0.39 is 10.8 Å². The molecule has 5 rings (SSSR count). The van der Waals surface area contributed by atoms with E-state index in [0.29, 0.717) is 11.1 Å².